The Morgan fingerprint density at radius 3 is 2.71 bits per heavy atom. The quantitative estimate of drug-likeness (QED) is 0.801. The number of aliphatic imine (C=N–C) groups is 1. The number of rotatable bonds is 3. The van der Waals surface area contributed by atoms with Crippen molar-refractivity contribution >= 4 is 34.8 Å². The largest absolute Gasteiger partial charge is 0.457 e. The molecule has 1 saturated heterocycles. The maximum Gasteiger partial charge on any atom is 0.286 e. The molecule has 2 aliphatic heterocycles. The highest BCUT2D eigenvalue weighted by Crippen LogP contribution is 2.33. The van der Waals surface area contributed by atoms with Gasteiger partial charge in [0, 0.05) is 25.1 Å². The summed E-state index contributed by atoms with van der Waals surface area (Å²) < 4.78 is 19.6. The standard InChI is InChI=1S/C20H18FN3O3S/c21-15-4-2-1-3-14(15)16-6-5-13(27-16)11-17-19(26)23-20(28-17)24-9-7-12(8-10-24)18(22)25/h1-6,11-12H,7-10H2,(H2,22,25). The molecule has 4 rings (SSSR count). The molecule has 28 heavy (non-hydrogen) atoms. The number of furan rings is 1. The first kappa shape index (κ1) is 18.5. The van der Waals surface area contributed by atoms with Crippen molar-refractivity contribution in [3.63, 3.8) is 0 Å². The molecule has 0 saturated carbocycles. The van der Waals surface area contributed by atoms with Gasteiger partial charge in [-0.1, -0.05) is 12.1 Å². The number of amidine groups is 1. The van der Waals surface area contributed by atoms with E-state index in [1.54, 1.807) is 36.4 Å². The van der Waals surface area contributed by atoms with E-state index in [1.807, 2.05) is 4.90 Å². The fraction of sp³-hybridized carbons (Fsp3) is 0.250. The van der Waals surface area contributed by atoms with Gasteiger partial charge >= 0.3 is 0 Å². The van der Waals surface area contributed by atoms with Crippen molar-refractivity contribution in [3.05, 3.63) is 52.9 Å². The van der Waals surface area contributed by atoms with E-state index in [9.17, 15) is 14.0 Å². The molecule has 1 fully saturated rings. The summed E-state index contributed by atoms with van der Waals surface area (Å²) in [4.78, 5) is 30.1. The highest BCUT2D eigenvalue weighted by atomic mass is 32.2. The number of carbonyl (C=O) groups is 2. The van der Waals surface area contributed by atoms with Crippen molar-refractivity contribution in [2.45, 2.75) is 12.8 Å². The highest BCUT2D eigenvalue weighted by Gasteiger charge is 2.30. The van der Waals surface area contributed by atoms with E-state index < -0.39 is 0 Å². The van der Waals surface area contributed by atoms with Crippen LogP contribution in [0.4, 0.5) is 4.39 Å². The van der Waals surface area contributed by atoms with Crippen LogP contribution in [0.3, 0.4) is 0 Å². The summed E-state index contributed by atoms with van der Waals surface area (Å²) in [6, 6.07) is 9.72. The van der Waals surface area contributed by atoms with Crippen molar-refractivity contribution in [2.24, 2.45) is 16.6 Å². The maximum atomic E-state index is 13.9. The van der Waals surface area contributed by atoms with Crippen LogP contribution in [0.25, 0.3) is 17.4 Å². The Bertz CT molecular complexity index is 990. The number of hydrogen-bond donors (Lipinski definition) is 1. The van der Waals surface area contributed by atoms with Crippen molar-refractivity contribution in [1.82, 2.24) is 4.90 Å². The minimum atomic E-state index is -0.368. The molecule has 8 heteroatoms. The Hall–Kier alpha value is -2.87. The molecule has 0 bridgehead atoms. The number of piperidine rings is 1. The SMILES string of the molecule is NC(=O)C1CCN(C2=NC(=O)C(=Cc3ccc(-c4ccccc4F)o3)S2)CC1. The second-order valence-corrected chi connectivity index (χ2v) is 7.66. The monoisotopic (exact) mass is 399 g/mol. The Labute approximate surface area is 165 Å². The lowest BCUT2D eigenvalue weighted by Crippen LogP contribution is -2.40. The lowest BCUT2D eigenvalue weighted by Gasteiger charge is -2.31. The van der Waals surface area contributed by atoms with Gasteiger partial charge in [0.1, 0.15) is 17.3 Å². The topological polar surface area (TPSA) is 88.9 Å². The minimum absolute atomic E-state index is 0.117. The molecule has 0 unspecified atom stereocenters. The summed E-state index contributed by atoms with van der Waals surface area (Å²) >= 11 is 1.28. The van der Waals surface area contributed by atoms with Crippen LogP contribution in [0.15, 0.2) is 50.7 Å². The number of likely N-dealkylation sites (tertiary alicyclic amines) is 1. The van der Waals surface area contributed by atoms with Crippen LogP contribution >= 0.6 is 11.8 Å². The molecule has 144 valence electrons. The van der Waals surface area contributed by atoms with Gasteiger partial charge in [-0.2, -0.15) is 4.99 Å². The number of hydrogen-bond acceptors (Lipinski definition) is 5. The van der Waals surface area contributed by atoms with E-state index >= 15 is 0 Å². The minimum Gasteiger partial charge on any atom is -0.457 e. The third-order valence-electron chi connectivity index (χ3n) is 4.82. The third-order valence-corrected chi connectivity index (χ3v) is 5.86. The lowest BCUT2D eigenvalue weighted by atomic mass is 9.97. The fourth-order valence-electron chi connectivity index (χ4n) is 3.25. The highest BCUT2D eigenvalue weighted by molar-refractivity contribution is 8.18. The fourth-order valence-corrected chi connectivity index (χ4v) is 4.20. The van der Waals surface area contributed by atoms with Gasteiger partial charge in [-0.25, -0.2) is 4.39 Å². The lowest BCUT2D eigenvalue weighted by molar-refractivity contribution is -0.123. The molecular formula is C20H18FN3O3S. The van der Waals surface area contributed by atoms with E-state index in [1.165, 1.54) is 17.8 Å². The van der Waals surface area contributed by atoms with Crippen LogP contribution in [-0.4, -0.2) is 35.0 Å². The third kappa shape index (κ3) is 3.73. The molecule has 6 nitrogen and oxygen atoms in total. The van der Waals surface area contributed by atoms with E-state index in [2.05, 4.69) is 4.99 Å². The van der Waals surface area contributed by atoms with Crippen molar-refractivity contribution in [2.75, 3.05) is 13.1 Å². The molecule has 2 N–H and O–H groups in total. The molecule has 1 aromatic heterocycles. The van der Waals surface area contributed by atoms with Crippen molar-refractivity contribution < 1.29 is 18.4 Å². The normalized spacial score (nSPS) is 19.3. The van der Waals surface area contributed by atoms with Gasteiger partial charge in [0.2, 0.25) is 5.91 Å². The number of nitrogens with two attached hydrogens (primary N) is 1. The molecule has 2 aromatic rings. The number of benzene rings is 1. The van der Waals surface area contributed by atoms with Crippen LogP contribution in [-0.2, 0) is 9.59 Å². The summed E-state index contributed by atoms with van der Waals surface area (Å²) in [6.45, 7) is 1.27. The molecule has 0 aliphatic carbocycles. The van der Waals surface area contributed by atoms with E-state index in [0.29, 0.717) is 53.1 Å². The zero-order valence-corrected chi connectivity index (χ0v) is 15.7. The van der Waals surface area contributed by atoms with Crippen LogP contribution in [0.5, 0.6) is 0 Å². The average Bonchev–Trinajstić information content (AvgIpc) is 3.30. The summed E-state index contributed by atoms with van der Waals surface area (Å²) in [5, 5.41) is 0.625. The van der Waals surface area contributed by atoms with Crippen LogP contribution < -0.4 is 5.73 Å². The second kappa shape index (κ2) is 7.63. The molecule has 0 spiro atoms. The number of thioether (sulfide) groups is 1. The van der Waals surface area contributed by atoms with E-state index in [4.69, 9.17) is 10.2 Å². The van der Waals surface area contributed by atoms with Gasteiger partial charge in [-0.3, -0.25) is 9.59 Å². The van der Waals surface area contributed by atoms with Crippen molar-refractivity contribution in [3.8, 4) is 11.3 Å². The smallest absolute Gasteiger partial charge is 0.286 e. The Morgan fingerprint density at radius 1 is 1.25 bits per heavy atom. The zero-order valence-electron chi connectivity index (χ0n) is 14.9. The molecule has 2 amide bonds. The van der Waals surface area contributed by atoms with Gasteiger partial charge in [0.05, 0.1) is 10.5 Å². The number of amides is 2. The summed E-state index contributed by atoms with van der Waals surface area (Å²) in [5.74, 6) is -0.240. The predicted octanol–water partition coefficient (Wildman–Crippen LogP) is 3.25. The van der Waals surface area contributed by atoms with Crippen LogP contribution in [0.1, 0.15) is 18.6 Å². The first-order valence-electron chi connectivity index (χ1n) is 8.93. The van der Waals surface area contributed by atoms with Gasteiger partial charge in [-0.05, 0) is 48.9 Å². The molecule has 3 heterocycles. The number of carbonyl (C=O) groups excluding carboxylic acids is 2. The zero-order chi connectivity index (χ0) is 19.7. The summed E-state index contributed by atoms with van der Waals surface area (Å²) in [6.07, 6.45) is 2.93. The first-order valence-corrected chi connectivity index (χ1v) is 9.74. The van der Waals surface area contributed by atoms with E-state index in [0.717, 1.165) is 0 Å². The van der Waals surface area contributed by atoms with Gasteiger partial charge in [0.25, 0.3) is 5.91 Å². The van der Waals surface area contributed by atoms with Crippen LogP contribution in [0, 0.1) is 11.7 Å². The molecule has 0 atom stereocenters. The van der Waals surface area contributed by atoms with Gasteiger partial charge in [-0.15, -0.1) is 0 Å². The maximum absolute atomic E-state index is 13.9. The summed E-state index contributed by atoms with van der Waals surface area (Å²) in [7, 11) is 0. The number of nitrogens with zero attached hydrogens (tertiary/aromatic N) is 2. The first-order chi connectivity index (χ1) is 13.5. The van der Waals surface area contributed by atoms with E-state index in [-0.39, 0.29) is 23.5 Å². The molecule has 0 radical (unpaired) electrons. The molecule has 1 aromatic carbocycles. The summed E-state index contributed by atoms with van der Waals surface area (Å²) in [5.41, 5.74) is 5.73. The average molecular weight is 399 g/mol. The Balaban J connectivity index is 1.45. The number of halogens is 1. The Kier molecular flexibility index (Phi) is 5.04. The second-order valence-electron chi connectivity index (χ2n) is 6.66. The number of primary amides is 1. The molecule has 2 aliphatic rings. The predicted molar refractivity (Wildman–Crippen MR) is 106 cm³/mol. The van der Waals surface area contributed by atoms with Crippen LogP contribution in [0.2, 0.25) is 0 Å². The molecular weight excluding hydrogens is 381 g/mol. The van der Waals surface area contributed by atoms with Gasteiger partial charge < -0.3 is 15.1 Å². The Morgan fingerprint density at radius 2 is 2.00 bits per heavy atom. The van der Waals surface area contributed by atoms with Crippen molar-refractivity contribution in [1.29, 1.82) is 0 Å². The van der Waals surface area contributed by atoms with Gasteiger partial charge in [0.15, 0.2) is 5.17 Å².